The van der Waals surface area contributed by atoms with Crippen molar-refractivity contribution < 1.29 is 13.2 Å². The zero-order chi connectivity index (χ0) is 18.7. The number of hydrogen-bond acceptors (Lipinski definition) is 4. The maximum absolute atomic E-state index is 12.7. The van der Waals surface area contributed by atoms with Gasteiger partial charge in [-0.15, -0.1) is 0 Å². The van der Waals surface area contributed by atoms with Crippen LogP contribution in [0.1, 0.15) is 49.9 Å². The van der Waals surface area contributed by atoms with Crippen molar-refractivity contribution in [3.63, 3.8) is 0 Å². The predicted molar refractivity (Wildman–Crippen MR) is 102 cm³/mol. The molecule has 1 aliphatic heterocycles. The summed E-state index contributed by atoms with van der Waals surface area (Å²) in [5.74, 6) is -0.0168. The van der Waals surface area contributed by atoms with Crippen LogP contribution in [0.5, 0.6) is 0 Å². The largest absolute Gasteiger partial charge is 0.336 e. The summed E-state index contributed by atoms with van der Waals surface area (Å²) in [5, 5.41) is 0. The lowest BCUT2D eigenvalue weighted by atomic mass is 10.1. The Bertz CT molecular complexity index is 717. The van der Waals surface area contributed by atoms with E-state index in [4.69, 9.17) is 0 Å². The zero-order valence-corrected chi connectivity index (χ0v) is 16.5. The van der Waals surface area contributed by atoms with E-state index >= 15 is 0 Å². The molecule has 2 fully saturated rings. The van der Waals surface area contributed by atoms with E-state index < -0.39 is 10.0 Å². The van der Waals surface area contributed by atoms with Crippen LogP contribution in [0.15, 0.2) is 29.2 Å². The van der Waals surface area contributed by atoms with Gasteiger partial charge in [0.1, 0.15) is 0 Å². The topological polar surface area (TPSA) is 69.7 Å². The number of nitrogens with zero attached hydrogens (tertiary/aromatic N) is 2. The molecule has 7 heteroatoms. The quantitative estimate of drug-likeness (QED) is 0.850. The third-order valence-corrected chi connectivity index (χ3v) is 6.92. The minimum absolute atomic E-state index is 0.0168. The van der Waals surface area contributed by atoms with E-state index in [1.54, 1.807) is 26.0 Å². The summed E-state index contributed by atoms with van der Waals surface area (Å²) in [5.41, 5.74) is 0.544. The van der Waals surface area contributed by atoms with Gasteiger partial charge in [0.15, 0.2) is 0 Å². The second-order valence-corrected chi connectivity index (χ2v) is 9.28. The molecule has 1 saturated carbocycles. The van der Waals surface area contributed by atoms with Crippen LogP contribution in [0, 0.1) is 0 Å². The van der Waals surface area contributed by atoms with Gasteiger partial charge in [0.25, 0.3) is 5.91 Å². The number of carbonyl (C=O) groups excluding carboxylic acids is 1. The summed E-state index contributed by atoms with van der Waals surface area (Å²) in [6.45, 7) is 6.90. The van der Waals surface area contributed by atoms with Crippen molar-refractivity contribution in [3.05, 3.63) is 29.8 Å². The van der Waals surface area contributed by atoms with E-state index in [-0.39, 0.29) is 16.8 Å². The lowest BCUT2D eigenvalue weighted by molar-refractivity contribution is 0.0573. The van der Waals surface area contributed by atoms with Crippen LogP contribution in [-0.2, 0) is 10.0 Å². The first-order valence-corrected chi connectivity index (χ1v) is 11.0. The number of amides is 1. The molecule has 0 unspecified atom stereocenters. The molecule has 144 valence electrons. The number of carbonyl (C=O) groups is 1. The van der Waals surface area contributed by atoms with Crippen molar-refractivity contribution in [1.82, 2.24) is 14.5 Å². The van der Waals surface area contributed by atoms with Gasteiger partial charge >= 0.3 is 0 Å². The summed E-state index contributed by atoms with van der Waals surface area (Å²) >= 11 is 0. The summed E-state index contributed by atoms with van der Waals surface area (Å²) in [4.78, 5) is 17.3. The highest BCUT2D eigenvalue weighted by molar-refractivity contribution is 7.89. The molecule has 1 heterocycles. The third kappa shape index (κ3) is 4.45. The van der Waals surface area contributed by atoms with Gasteiger partial charge in [0.05, 0.1) is 4.90 Å². The summed E-state index contributed by atoms with van der Waals surface area (Å²) in [7, 11) is -3.53. The Morgan fingerprint density at radius 1 is 1.04 bits per heavy atom. The second kappa shape index (κ2) is 8.06. The fourth-order valence-corrected chi connectivity index (χ4v) is 5.15. The first-order chi connectivity index (χ1) is 12.4. The van der Waals surface area contributed by atoms with Crippen LogP contribution in [0.25, 0.3) is 0 Å². The number of hydrogen-bond donors (Lipinski definition) is 1. The van der Waals surface area contributed by atoms with Gasteiger partial charge in [-0.05, 0) is 51.0 Å². The summed E-state index contributed by atoms with van der Waals surface area (Å²) in [6.07, 6.45) is 5.22. The van der Waals surface area contributed by atoms with Gasteiger partial charge in [-0.2, -0.15) is 0 Å². The van der Waals surface area contributed by atoms with Crippen molar-refractivity contribution in [1.29, 1.82) is 0 Å². The molecule has 0 aromatic heterocycles. The maximum atomic E-state index is 12.7. The van der Waals surface area contributed by atoms with E-state index in [0.717, 1.165) is 26.2 Å². The van der Waals surface area contributed by atoms with Crippen molar-refractivity contribution in [2.75, 3.05) is 26.2 Å². The van der Waals surface area contributed by atoms with E-state index in [1.165, 1.54) is 37.8 Å². The molecule has 1 amide bonds. The van der Waals surface area contributed by atoms with Crippen molar-refractivity contribution in [2.45, 2.75) is 56.5 Å². The number of rotatable bonds is 5. The highest BCUT2D eigenvalue weighted by atomic mass is 32.2. The van der Waals surface area contributed by atoms with Crippen LogP contribution in [0.2, 0.25) is 0 Å². The lowest BCUT2D eigenvalue weighted by Crippen LogP contribution is -2.51. The molecule has 0 bridgehead atoms. The zero-order valence-electron chi connectivity index (χ0n) is 15.6. The SMILES string of the molecule is CC(C)NS(=O)(=O)c1ccc(C(=O)N2CCN(C3CCCC3)CC2)cc1. The molecular formula is C19H29N3O3S. The molecular weight excluding hydrogens is 350 g/mol. The standard InChI is InChI=1S/C19H29N3O3S/c1-15(2)20-26(24,25)18-9-7-16(8-10-18)19(23)22-13-11-21(12-14-22)17-5-3-4-6-17/h7-10,15,17,20H,3-6,11-14H2,1-2H3. The van der Waals surface area contributed by atoms with E-state index in [0.29, 0.717) is 11.6 Å². The Morgan fingerprint density at radius 2 is 1.62 bits per heavy atom. The molecule has 2 aliphatic rings. The van der Waals surface area contributed by atoms with Crippen LogP contribution in [0.4, 0.5) is 0 Å². The monoisotopic (exact) mass is 379 g/mol. The van der Waals surface area contributed by atoms with E-state index in [2.05, 4.69) is 9.62 Å². The first-order valence-electron chi connectivity index (χ1n) is 9.52. The Morgan fingerprint density at radius 3 is 2.15 bits per heavy atom. The van der Waals surface area contributed by atoms with Crippen LogP contribution in [0.3, 0.4) is 0 Å². The molecule has 3 rings (SSSR count). The van der Waals surface area contributed by atoms with Gasteiger partial charge in [-0.1, -0.05) is 12.8 Å². The Labute approximate surface area is 156 Å². The molecule has 1 aromatic carbocycles. The number of nitrogens with one attached hydrogen (secondary N) is 1. The molecule has 1 saturated heterocycles. The van der Waals surface area contributed by atoms with E-state index in [1.807, 2.05) is 4.90 Å². The summed E-state index contributed by atoms with van der Waals surface area (Å²) in [6, 6.07) is 6.77. The first kappa shape index (κ1) is 19.3. The maximum Gasteiger partial charge on any atom is 0.253 e. The molecule has 6 nitrogen and oxygen atoms in total. The third-order valence-electron chi connectivity index (χ3n) is 5.24. The minimum Gasteiger partial charge on any atom is -0.336 e. The fourth-order valence-electron chi connectivity index (χ4n) is 3.90. The summed E-state index contributed by atoms with van der Waals surface area (Å²) < 4.78 is 26.9. The Balaban J connectivity index is 1.60. The molecule has 26 heavy (non-hydrogen) atoms. The Hall–Kier alpha value is -1.44. The van der Waals surface area contributed by atoms with Gasteiger partial charge in [0, 0.05) is 43.8 Å². The normalized spacial score (nSPS) is 20.0. The van der Waals surface area contributed by atoms with E-state index in [9.17, 15) is 13.2 Å². The lowest BCUT2D eigenvalue weighted by Gasteiger charge is -2.38. The van der Waals surface area contributed by atoms with Gasteiger partial charge in [0.2, 0.25) is 10.0 Å². The minimum atomic E-state index is -3.53. The molecule has 0 atom stereocenters. The highest BCUT2D eigenvalue weighted by Crippen LogP contribution is 2.24. The molecule has 0 spiro atoms. The molecule has 1 aromatic rings. The number of benzene rings is 1. The van der Waals surface area contributed by atoms with Gasteiger partial charge in [-0.3, -0.25) is 9.69 Å². The average Bonchev–Trinajstić information content (AvgIpc) is 3.15. The number of piperazine rings is 1. The molecule has 1 aliphatic carbocycles. The average molecular weight is 380 g/mol. The van der Waals surface area contributed by atoms with Crippen molar-refractivity contribution in [3.8, 4) is 0 Å². The van der Waals surface area contributed by atoms with Crippen LogP contribution in [-0.4, -0.2) is 62.4 Å². The number of sulfonamides is 1. The smallest absolute Gasteiger partial charge is 0.253 e. The highest BCUT2D eigenvalue weighted by Gasteiger charge is 2.28. The molecule has 0 radical (unpaired) electrons. The fraction of sp³-hybridized carbons (Fsp3) is 0.632. The Kier molecular flexibility index (Phi) is 5.99. The van der Waals surface area contributed by atoms with Gasteiger partial charge < -0.3 is 4.90 Å². The van der Waals surface area contributed by atoms with Gasteiger partial charge in [-0.25, -0.2) is 13.1 Å². The second-order valence-electron chi connectivity index (χ2n) is 7.57. The predicted octanol–water partition coefficient (Wildman–Crippen LogP) is 2.07. The van der Waals surface area contributed by atoms with Crippen molar-refractivity contribution >= 4 is 15.9 Å². The molecule has 1 N–H and O–H groups in total. The van der Waals surface area contributed by atoms with Crippen LogP contribution >= 0.6 is 0 Å². The van der Waals surface area contributed by atoms with Crippen LogP contribution < -0.4 is 4.72 Å². The van der Waals surface area contributed by atoms with Crippen molar-refractivity contribution in [2.24, 2.45) is 0 Å².